The van der Waals surface area contributed by atoms with Crippen molar-refractivity contribution < 1.29 is 41.6 Å². The van der Waals surface area contributed by atoms with Crippen molar-refractivity contribution in [2.24, 2.45) is 22.9 Å². The molecule has 4 aliphatic carbocycles. The molecule has 262 valence electrons. The summed E-state index contributed by atoms with van der Waals surface area (Å²) in [6.45, 7) is 3.06. The van der Waals surface area contributed by atoms with Gasteiger partial charge in [-0.3, -0.25) is 33.6 Å². The highest BCUT2D eigenvalue weighted by Crippen LogP contribution is 2.73. The molecule has 7 atom stereocenters. The molecule has 6 N–H and O–H groups in total. The van der Waals surface area contributed by atoms with Crippen molar-refractivity contribution in [2.75, 3.05) is 11.9 Å². The van der Waals surface area contributed by atoms with Crippen LogP contribution in [-0.4, -0.2) is 83.4 Å². The molecule has 2 aromatic heterocycles. The Morgan fingerprint density at radius 3 is 2.57 bits per heavy atom. The number of carbonyl (C=O) groups excluding carboxylic acids is 6. The van der Waals surface area contributed by atoms with Crippen LogP contribution < -0.4 is 32.0 Å². The standard InChI is InChI=1S/C31H37N7O10S/c1-3-33-29(44)22(40)7-6-20(34-27(42)18-11-24(48-14-18)49(32,46)47)28(43)35-21-5-4-8-37(30(21)45)13-23(41)36-25-17-9-16-10-19(25)31(12-17)26(16)38(31)15(2)39/h4-5,8,11,14,16-17,19-20,25-26H,3,6-7,9-10,12-13H2,1-2H3,(H,33,44)(H,34,42)(H,35,43)(H,36,41)(H2,32,46,47)/t16?,17?,19?,20-,25?,26?,31?,38?/m0/s1. The van der Waals surface area contributed by atoms with E-state index < -0.39 is 56.6 Å². The topological polar surface area (TPSA) is 249 Å². The number of likely N-dealkylation sites (tertiary alicyclic amines) is 1. The molecule has 1 spiro atoms. The van der Waals surface area contributed by atoms with E-state index in [4.69, 9.17) is 9.56 Å². The second kappa shape index (κ2) is 12.6. The second-order valence-electron chi connectivity index (χ2n) is 13.1. The van der Waals surface area contributed by atoms with E-state index in [2.05, 4.69) is 21.3 Å². The number of carbonyl (C=O) groups is 6. The molecule has 5 aliphatic rings. The van der Waals surface area contributed by atoms with Crippen molar-refractivity contribution in [1.82, 2.24) is 25.4 Å². The summed E-state index contributed by atoms with van der Waals surface area (Å²) in [5.41, 5.74) is -1.37. The molecule has 2 aromatic rings. The molecule has 18 heteroatoms. The first-order valence-electron chi connectivity index (χ1n) is 16.0. The number of aromatic nitrogens is 1. The van der Waals surface area contributed by atoms with Gasteiger partial charge in [0.05, 0.1) is 17.1 Å². The summed E-state index contributed by atoms with van der Waals surface area (Å²) in [4.78, 5) is 91.3. The number of piperidine rings is 1. The summed E-state index contributed by atoms with van der Waals surface area (Å²) in [7, 11) is -4.27. The van der Waals surface area contributed by atoms with Crippen LogP contribution in [0.2, 0.25) is 0 Å². The number of anilines is 1. The van der Waals surface area contributed by atoms with Crippen molar-refractivity contribution >= 4 is 51.0 Å². The molecule has 5 amide bonds. The predicted molar refractivity (Wildman–Crippen MR) is 169 cm³/mol. The van der Waals surface area contributed by atoms with Crippen LogP contribution in [0.4, 0.5) is 5.69 Å². The maximum atomic E-state index is 13.4. The number of Topliss-reactive ketones (excluding diaryl/α,β-unsaturated/α-hetero) is 1. The van der Waals surface area contributed by atoms with E-state index >= 15 is 0 Å². The van der Waals surface area contributed by atoms with Gasteiger partial charge in [-0.2, -0.15) is 0 Å². The van der Waals surface area contributed by atoms with Gasteiger partial charge in [0.2, 0.25) is 28.6 Å². The van der Waals surface area contributed by atoms with Crippen molar-refractivity contribution in [2.45, 2.75) is 81.3 Å². The number of sulfonamides is 1. The highest BCUT2D eigenvalue weighted by Gasteiger charge is 2.82. The first-order chi connectivity index (χ1) is 23.1. The van der Waals surface area contributed by atoms with Crippen molar-refractivity contribution in [3.63, 3.8) is 0 Å². The quantitative estimate of drug-likeness (QED) is 0.124. The van der Waals surface area contributed by atoms with E-state index in [1.165, 1.54) is 18.3 Å². The summed E-state index contributed by atoms with van der Waals surface area (Å²) in [6.07, 6.45) is 4.17. The highest BCUT2D eigenvalue weighted by molar-refractivity contribution is 7.89. The number of ketones is 1. The number of rotatable bonds is 13. The van der Waals surface area contributed by atoms with Crippen LogP contribution in [0.3, 0.4) is 0 Å². The third-order valence-corrected chi connectivity index (χ3v) is 11.0. The number of nitrogens with zero attached hydrogens (tertiary/aromatic N) is 2. The molecule has 49 heavy (non-hydrogen) atoms. The van der Waals surface area contributed by atoms with Crippen molar-refractivity contribution in [3.05, 3.63) is 46.6 Å². The molecule has 7 rings (SSSR count). The average molecular weight is 700 g/mol. The predicted octanol–water partition coefficient (Wildman–Crippen LogP) is -1.17. The Morgan fingerprint density at radius 1 is 1.14 bits per heavy atom. The molecule has 5 fully saturated rings. The summed E-state index contributed by atoms with van der Waals surface area (Å²) in [5, 5.41) is 14.6. The summed E-state index contributed by atoms with van der Waals surface area (Å²) >= 11 is 0. The molecule has 17 nitrogen and oxygen atoms in total. The van der Waals surface area contributed by atoms with Gasteiger partial charge in [0.15, 0.2) is 0 Å². The number of primary sulfonamides is 1. The Balaban J connectivity index is 1.12. The number of nitrogens with two attached hydrogens (primary N) is 1. The van der Waals surface area contributed by atoms with Crippen LogP contribution in [-0.2, 0) is 40.5 Å². The zero-order valence-corrected chi connectivity index (χ0v) is 27.6. The van der Waals surface area contributed by atoms with Gasteiger partial charge in [-0.05, 0) is 56.6 Å². The molecule has 4 saturated carbocycles. The maximum absolute atomic E-state index is 13.4. The highest BCUT2D eigenvalue weighted by atomic mass is 32.2. The number of likely N-dealkylation sites (N-methyl/N-ethyl adjacent to an activating group) is 1. The normalized spacial score (nSPS) is 26.4. The zero-order chi connectivity index (χ0) is 35.4. The minimum absolute atomic E-state index is 0.0609. The first kappa shape index (κ1) is 34.0. The van der Waals surface area contributed by atoms with E-state index in [9.17, 15) is 42.0 Å². The minimum atomic E-state index is -4.27. The molecule has 4 bridgehead atoms. The SMILES string of the molecule is CCNC(=O)C(=O)CC[C@H](NC(=O)c1coc(S(N)(=O)=O)c1)C(=O)Nc1cccn(CC(=O)NC2C3CC4CC2C2(C3)C4N2C(C)=O)c1=O. The fourth-order valence-corrected chi connectivity index (χ4v) is 8.88. The zero-order valence-electron chi connectivity index (χ0n) is 26.8. The summed E-state index contributed by atoms with van der Waals surface area (Å²) < 4.78 is 29.1. The van der Waals surface area contributed by atoms with Gasteiger partial charge in [0, 0.05) is 44.1 Å². The Bertz CT molecular complexity index is 1920. The van der Waals surface area contributed by atoms with Crippen molar-refractivity contribution in [1.29, 1.82) is 0 Å². The number of furan rings is 1. The van der Waals surface area contributed by atoms with Crippen molar-refractivity contribution in [3.8, 4) is 0 Å². The van der Waals surface area contributed by atoms with Gasteiger partial charge >= 0.3 is 0 Å². The van der Waals surface area contributed by atoms with E-state index in [0.717, 1.165) is 36.2 Å². The fraction of sp³-hybridized carbons (Fsp3) is 0.516. The van der Waals surface area contributed by atoms with Crippen LogP contribution in [0.5, 0.6) is 0 Å². The molecular formula is C31H37N7O10S. The third-order valence-electron chi connectivity index (χ3n) is 10.2. The van der Waals surface area contributed by atoms with Crippen LogP contribution >= 0.6 is 0 Å². The Labute approximate surface area is 280 Å². The minimum Gasteiger partial charge on any atom is -0.451 e. The fourth-order valence-electron chi connectivity index (χ4n) is 8.41. The Morgan fingerprint density at radius 2 is 1.90 bits per heavy atom. The van der Waals surface area contributed by atoms with Gasteiger partial charge in [-0.15, -0.1) is 0 Å². The monoisotopic (exact) mass is 699 g/mol. The number of pyridine rings is 1. The third kappa shape index (κ3) is 6.14. The van der Waals surface area contributed by atoms with E-state index in [1.54, 1.807) is 13.8 Å². The smallest absolute Gasteiger partial charge is 0.287 e. The number of hydrogen-bond acceptors (Lipinski definition) is 10. The van der Waals surface area contributed by atoms with Gasteiger partial charge in [-0.25, -0.2) is 13.6 Å². The van der Waals surface area contributed by atoms with E-state index in [-0.39, 0.29) is 72.0 Å². The second-order valence-corrected chi connectivity index (χ2v) is 14.6. The number of amides is 5. The van der Waals surface area contributed by atoms with Crippen LogP contribution in [0, 0.1) is 17.8 Å². The van der Waals surface area contributed by atoms with Gasteiger partial charge in [0.1, 0.15) is 24.5 Å². The molecule has 0 aromatic carbocycles. The van der Waals surface area contributed by atoms with Crippen LogP contribution in [0.1, 0.15) is 56.3 Å². The largest absolute Gasteiger partial charge is 0.451 e. The molecule has 6 unspecified atom stereocenters. The maximum Gasteiger partial charge on any atom is 0.287 e. The van der Waals surface area contributed by atoms with Gasteiger partial charge < -0.3 is 35.2 Å². The first-order valence-corrected chi connectivity index (χ1v) is 17.5. The van der Waals surface area contributed by atoms with Gasteiger partial charge in [0.25, 0.3) is 27.4 Å². The Kier molecular flexibility index (Phi) is 8.72. The van der Waals surface area contributed by atoms with Gasteiger partial charge in [-0.1, -0.05) is 0 Å². The molecule has 1 saturated heterocycles. The molecule has 1 aliphatic heterocycles. The average Bonchev–Trinajstić information content (AvgIpc) is 3.24. The lowest BCUT2D eigenvalue weighted by Crippen LogP contribution is -2.48. The lowest BCUT2D eigenvalue weighted by atomic mass is 9.78. The number of hydrogen-bond donors (Lipinski definition) is 5. The molecule has 3 heterocycles. The lowest BCUT2D eigenvalue weighted by molar-refractivity contribution is -0.138. The lowest BCUT2D eigenvalue weighted by Gasteiger charge is -2.34. The molecule has 0 radical (unpaired) electrons. The molecular weight excluding hydrogens is 662 g/mol. The number of nitrogens with one attached hydrogen (secondary N) is 4. The summed E-state index contributed by atoms with van der Waals surface area (Å²) in [5.74, 6) is -3.03. The van der Waals surface area contributed by atoms with E-state index in [0.29, 0.717) is 5.92 Å². The van der Waals surface area contributed by atoms with Crippen LogP contribution in [0.25, 0.3) is 0 Å². The summed E-state index contributed by atoms with van der Waals surface area (Å²) in [6, 6.07) is 2.30. The Hall–Kier alpha value is -4.84. The van der Waals surface area contributed by atoms with Crippen LogP contribution in [0.15, 0.2) is 45.0 Å². The van der Waals surface area contributed by atoms with E-state index in [1.807, 2.05) is 4.90 Å².